The molecule has 0 bridgehead atoms. The lowest BCUT2D eigenvalue weighted by atomic mass is 10.1. The molecule has 138 valence electrons. The zero-order valence-corrected chi connectivity index (χ0v) is 15.3. The van der Waals surface area contributed by atoms with Gasteiger partial charge in [-0.3, -0.25) is 4.79 Å². The molecule has 3 rings (SSSR count). The van der Waals surface area contributed by atoms with Crippen LogP contribution in [0.15, 0.2) is 41.3 Å². The number of hydrogen-bond acceptors (Lipinski definition) is 6. The van der Waals surface area contributed by atoms with E-state index < -0.39 is 9.84 Å². The molecule has 8 heteroatoms. The Hall–Kier alpha value is -2.74. The Labute approximate surface area is 151 Å². The summed E-state index contributed by atoms with van der Waals surface area (Å²) in [5.41, 5.74) is 1.26. The molecule has 0 atom stereocenters. The van der Waals surface area contributed by atoms with Crippen LogP contribution in [0.25, 0.3) is 0 Å². The highest BCUT2D eigenvalue weighted by atomic mass is 32.2. The monoisotopic (exact) mass is 377 g/mol. The van der Waals surface area contributed by atoms with Gasteiger partial charge in [-0.15, -0.1) is 0 Å². The van der Waals surface area contributed by atoms with Crippen LogP contribution in [0.3, 0.4) is 0 Å². The van der Waals surface area contributed by atoms with Crippen LogP contribution in [0.4, 0.5) is 0 Å². The summed E-state index contributed by atoms with van der Waals surface area (Å²) in [7, 11) is -2.12. The largest absolute Gasteiger partial charge is 0.495 e. The SMILES string of the molecule is COc1ccc(C(=O)NCCc2ccc3c(c2)OCO3)cc1S(C)(=O)=O. The van der Waals surface area contributed by atoms with Gasteiger partial charge >= 0.3 is 0 Å². The molecule has 26 heavy (non-hydrogen) atoms. The fourth-order valence-corrected chi connectivity index (χ4v) is 3.48. The van der Waals surface area contributed by atoms with Crippen molar-refractivity contribution in [3.05, 3.63) is 47.5 Å². The lowest BCUT2D eigenvalue weighted by molar-refractivity contribution is 0.0954. The van der Waals surface area contributed by atoms with E-state index >= 15 is 0 Å². The second-order valence-corrected chi connectivity index (χ2v) is 7.82. The number of carbonyl (C=O) groups is 1. The Morgan fingerprint density at radius 1 is 1.15 bits per heavy atom. The minimum atomic E-state index is -3.50. The van der Waals surface area contributed by atoms with E-state index in [1.54, 1.807) is 0 Å². The van der Waals surface area contributed by atoms with Crippen LogP contribution < -0.4 is 19.5 Å². The third kappa shape index (κ3) is 3.91. The standard InChI is InChI=1S/C18H19NO6S/c1-23-15-6-4-13(10-17(15)26(2,21)22)18(20)19-8-7-12-3-5-14-16(9-12)25-11-24-14/h3-6,9-10H,7-8,11H2,1-2H3,(H,19,20). The van der Waals surface area contributed by atoms with Gasteiger partial charge < -0.3 is 19.5 Å². The molecule has 1 N–H and O–H groups in total. The van der Waals surface area contributed by atoms with E-state index in [-0.39, 0.29) is 28.9 Å². The van der Waals surface area contributed by atoms with E-state index in [1.165, 1.54) is 25.3 Å². The number of benzene rings is 2. The highest BCUT2D eigenvalue weighted by Crippen LogP contribution is 2.32. The van der Waals surface area contributed by atoms with Gasteiger partial charge in [-0.2, -0.15) is 0 Å². The van der Waals surface area contributed by atoms with Gasteiger partial charge in [0.15, 0.2) is 21.3 Å². The molecule has 7 nitrogen and oxygen atoms in total. The van der Waals surface area contributed by atoms with Gasteiger partial charge in [0.2, 0.25) is 6.79 Å². The first kappa shape index (κ1) is 18.1. The summed E-state index contributed by atoms with van der Waals surface area (Å²) < 4.78 is 39.3. The molecule has 0 radical (unpaired) electrons. The second-order valence-electron chi connectivity index (χ2n) is 5.83. The molecule has 2 aromatic carbocycles. The smallest absolute Gasteiger partial charge is 0.251 e. The van der Waals surface area contributed by atoms with Gasteiger partial charge in [-0.1, -0.05) is 6.07 Å². The number of hydrogen-bond donors (Lipinski definition) is 1. The quantitative estimate of drug-likeness (QED) is 0.825. The minimum Gasteiger partial charge on any atom is -0.495 e. The van der Waals surface area contributed by atoms with Gasteiger partial charge in [0.05, 0.1) is 7.11 Å². The number of carbonyl (C=O) groups excluding carboxylic acids is 1. The van der Waals surface area contributed by atoms with Gasteiger partial charge in [-0.05, 0) is 42.3 Å². The number of sulfone groups is 1. The molecule has 1 heterocycles. The average molecular weight is 377 g/mol. The lowest BCUT2D eigenvalue weighted by Crippen LogP contribution is -2.25. The van der Waals surface area contributed by atoms with E-state index in [2.05, 4.69) is 5.32 Å². The van der Waals surface area contributed by atoms with E-state index in [1.807, 2.05) is 18.2 Å². The van der Waals surface area contributed by atoms with Gasteiger partial charge in [0.1, 0.15) is 10.6 Å². The van der Waals surface area contributed by atoms with Crippen LogP contribution in [-0.4, -0.2) is 41.0 Å². The summed E-state index contributed by atoms with van der Waals surface area (Å²) in [6, 6.07) is 9.95. The van der Waals surface area contributed by atoms with E-state index in [4.69, 9.17) is 14.2 Å². The van der Waals surface area contributed by atoms with Crippen molar-refractivity contribution in [2.75, 3.05) is 26.7 Å². The van der Waals surface area contributed by atoms with Crippen LogP contribution in [0.1, 0.15) is 15.9 Å². The van der Waals surface area contributed by atoms with Crippen LogP contribution in [0, 0.1) is 0 Å². The van der Waals surface area contributed by atoms with Crippen molar-refractivity contribution >= 4 is 15.7 Å². The predicted molar refractivity (Wildman–Crippen MR) is 94.7 cm³/mol. The maximum atomic E-state index is 12.3. The molecule has 2 aromatic rings. The summed E-state index contributed by atoms with van der Waals surface area (Å²) in [6.07, 6.45) is 1.68. The van der Waals surface area contributed by atoms with Crippen LogP contribution in [0.5, 0.6) is 17.2 Å². The summed E-state index contributed by atoms with van der Waals surface area (Å²) in [5.74, 6) is 1.27. The summed E-state index contributed by atoms with van der Waals surface area (Å²) in [4.78, 5) is 12.3. The summed E-state index contributed by atoms with van der Waals surface area (Å²) >= 11 is 0. The Kier molecular flexibility index (Phi) is 5.03. The first-order chi connectivity index (χ1) is 12.4. The molecule has 0 unspecified atom stereocenters. The molecule has 1 aliphatic heterocycles. The highest BCUT2D eigenvalue weighted by molar-refractivity contribution is 7.90. The molecular formula is C18H19NO6S. The molecule has 1 amide bonds. The van der Waals surface area contributed by atoms with Crippen molar-refractivity contribution < 1.29 is 27.4 Å². The number of nitrogens with one attached hydrogen (secondary N) is 1. The van der Waals surface area contributed by atoms with Gasteiger partial charge in [0, 0.05) is 18.4 Å². The maximum absolute atomic E-state index is 12.3. The lowest BCUT2D eigenvalue weighted by Gasteiger charge is -2.10. The fourth-order valence-electron chi connectivity index (χ4n) is 2.63. The number of ether oxygens (including phenoxy) is 3. The topological polar surface area (TPSA) is 90.9 Å². The Balaban J connectivity index is 1.65. The van der Waals surface area contributed by atoms with Crippen molar-refractivity contribution in [2.24, 2.45) is 0 Å². The van der Waals surface area contributed by atoms with Crippen LogP contribution in [0.2, 0.25) is 0 Å². The Morgan fingerprint density at radius 2 is 1.92 bits per heavy atom. The van der Waals surface area contributed by atoms with Gasteiger partial charge in [0.25, 0.3) is 5.91 Å². The normalized spacial score (nSPS) is 12.7. The molecule has 0 aromatic heterocycles. The average Bonchev–Trinajstić information content (AvgIpc) is 3.08. The van der Waals surface area contributed by atoms with E-state index in [0.29, 0.717) is 24.5 Å². The fraction of sp³-hybridized carbons (Fsp3) is 0.278. The molecule has 1 aliphatic rings. The van der Waals surface area contributed by atoms with E-state index in [0.717, 1.165) is 11.8 Å². The zero-order chi connectivity index (χ0) is 18.7. The molecule has 0 aliphatic carbocycles. The molecule has 0 fully saturated rings. The van der Waals surface area contributed by atoms with Crippen molar-refractivity contribution in [3.8, 4) is 17.2 Å². The first-order valence-electron chi connectivity index (χ1n) is 7.93. The van der Waals surface area contributed by atoms with Crippen molar-refractivity contribution in [1.29, 1.82) is 0 Å². The minimum absolute atomic E-state index is 0.0107. The first-order valence-corrected chi connectivity index (χ1v) is 9.82. The second kappa shape index (κ2) is 7.25. The third-order valence-corrected chi connectivity index (χ3v) is 5.08. The van der Waals surface area contributed by atoms with Crippen LogP contribution in [-0.2, 0) is 16.3 Å². The number of fused-ring (bicyclic) bond motifs is 1. The zero-order valence-electron chi connectivity index (χ0n) is 14.4. The molecule has 0 saturated carbocycles. The van der Waals surface area contributed by atoms with Crippen molar-refractivity contribution in [1.82, 2.24) is 5.32 Å². The third-order valence-electron chi connectivity index (χ3n) is 3.96. The number of rotatable bonds is 6. The van der Waals surface area contributed by atoms with E-state index in [9.17, 15) is 13.2 Å². The Morgan fingerprint density at radius 3 is 2.65 bits per heavy atom. The summed E-state index contributed by atoms with van der Waals surface area (Å²) in [5, 5.41) is 2.78. The molecule has 0 spiro atoms. The summed E-state index contributed by atoms with van der Waals surface area (Å²) in [6.45, 7) is 0.619. The number of amides is 1. The van der Waals surface area contributed by atoms with Crippen molar-refractivity contribution in [2.45, 2.75) is 11.3 Å². The van der Waals surface area contributed by atoms with Crippen molar-refractivity contribution in [3.63, 3.8) is 0 Å². The Bertz CT molecular complexity index is 939. The molecule has 0 saturated heterocycles. The highest BCUT2D eigenvalue weighted by Gasteiger charge is 2.17. The molecular weight excluding hydrogens is 358 g/mol. The maximum Gasteiger partial charge on any atom is 0.251 e. The van der Waals surface area contributed by atoms with Gasteiger partial charge in [-0.25, -0.2) is 8.42 Å². The predicted octanol–water partition coefficient (Wildman–Crippen LogP) is 1.80. The number of methoxy groups -OCH3 is 1. The van der Waals surface area contributed by atoms with Crippen LogP contribution >= 0.6 is 0 Å².